The van der Waals surface area contributed by atoms with E-state index in [1.807, 2.05) is 0 Å². The van der Waals surface area contributed by atoms with Crippen molar-refractivity contribution in [3.8, 4) is 0 Å². The third-order valence-electron chi connectivity index (χ3n) is 2.38. The molecule has 0 saturated carbocycles. The predicted molar refractivity (Wildman–Crippen MR) is 52.7 cm³/mol. The van der Waals surface area contributed by atoms with Crippen molar-refractivity contribution >= 4 is 5.69 Å². The summed E-state index contributed by atoms with van der Waals surface area (Å²) in [6.45, 7) is 4.25. The molecule has 0 spiro atoms. The van der Waals surface area contributed by atoms with Gasteiger partial charge in [0.1, 0.15) is 0 Å². The van der Waals surface area contributed by atoms with Crippen LogP contribution in [0.2, 0.25) is 0 Å². The Labute approximate surface area is 75.2 Å². The summed E-state index contributed by atoms with van der Waals surface area (Å²) >= 11 is 0. The molecule has 0 aromatic heterocycles. The highest BCUT2D eigenvalue weighted by Crippen LogP contribution is 2.25. The summed E-state index contributed by atoms with van der Waals surface area (Å²) in [6, 6.07) is 6.47. The second-order valence-corrected chi connectivity index (χ2v) is 3.62. The molecule has 1 atom stereocenters. The highest BCUT2D eigenvalue weighted by atomic mass is 14.9. The Morgan fingerprint density at radius 1 is 1.50 bits per heavy atom. The van der Waals surface area contributed by atoms with E-state index in [0.29, 0.717) is 5.92 Å². The lowest BCUT2D eigenvalue weighted by Crippen LogP contribution is -1.90. The Hall–Kier alpha value is -0.980. The first-order valence-electron chi connectivity index (χ1n) is 5.06. The van der Waals surface area contributed by atoms with Gasteiger partial charge in [0.15, 0.2) is 0 Å². The molecule has 12 heavy (non-hydrogen) atoms. The summed E-state index contributed by atoms with van der Waals surface area (Å²) in [6.07, 6.45) is 0.843. The molecule has 0 radical (unpaired) electrons. The smallest absolute Gasteiger partial charge is 0.0494 e. The van der Waals surface area contributed by atoms with Crippen molar-refractivity contribution < 1.29 is 1.37 Å². The number of aryl methyl sites for hydroxylation is 1. The van der Waals surface area contributed by atoms with Crippen LogP contribution in [0.15, 0.2) is 18.2 Å². The molecule has 2 rings (SSSR count). The topological polar surface area (TPSA) is 12.0 Å². The number of hydrogen-bond donors (Lipinski definition) is 1. The number of anilines is 1. The molecule has 1 heterocycles. The Kier molecular flexibility index (Phi) is 1.53. The van der Waals surface area contributed by atoms with Crippen molar-refractivity contribution in [1.29, 1.82) is 0 Å². The molecule has 0 aliphatic carbocycles. The van der Waals surface area contributed by atoms with Crippen molar-refractivity contribution in [2.24, 2.45) is 0 Å². The largest absolute Gasteiger partial charge is 0.384 e. The van der Waals surface area contributed by atoms with Crippen LogP contribution in [0.25, 0.3) is 0 Å². The van der Waals surface area contributed by atoms with Gasteiger partial charge in [0.05, 0.1) is 0 Å². The Balaban J connectivity index is 2.35. The summed E-state index contributed by atoms with van der Waals surface area (Å²) < 4.78 is 7.58. The van der Waals surface area contributed by atoms with Gasteiger partial charge in [-0.2, -0.15) is 0 Å². The molecule has 0 amide bonds. The Morgan fingerprint density at radius 2 is 2.33 bits per heavy atom. The molecule has 1 aromatic carbocycles. The van der Waals surface area contributed by atoms with Crippen LogP contribution < -0.4 is 5.32 Å². The van der Waals surface area contributed by atoms with E-state index in [9.17, 15) is 0 Å². The minimum Gasteiger partial charge on any atom is -0.384 e. The van der Waals surface area contributed by atoms with Crippen LogP contribution >= 0.6 is 0 Å². The van der Waals surface area contributed by atoms with Crippen molar-refractivity contribution in [2.75, 3.05) is 11.8 Å². The van der Waals surface area contributed by atoms with E-state index >= 15 is 0 Å². The quantitative estimate of drug-likeness (QED) is 0.671. The first-order chi connectivity index (χ1) is 6.16. The first-order valence-corrected chi connectivity index (χ1v) is 4.48. The number of nitrogens with one attached hydrogen (secondary N) is 1. The second-order valence-electron chi connectivity index (χ2n) is 3.62. The zero-order valence-corrected chi connectivity index (χ0v) is 7.59. The summed E-state index contributed by atoms with van der Waals surface area (Å²) in [7, 11) is 0. The highest BCUT2D eigenvalue weighted by Gasteiger charge is 2.10. The van der Waals surface area contributed by atoms with Crippen LogP contribution in [0.1, 0.15) is 32.3 Å². The molecule has 1 nitrogen and oxygen atoms in total. The second kappa shape index (κ2) is 2.81. The lowest BCUT2D eigenvalue weighted by Gasteiger charge is -2.07. The molecule has 1 aliphatic rings. The number of hydrogen-bond acceptors (Lipinski definition) is 1. The summed E-state index contributed by atoms with van der Waals surface area (Å²) in [5.41, 5.74) is 3.81. The molecule has 0 saturated heterocycles. The Bertz CT molecular complexity index is 320. The van der Waals surface area contributed by atoms with Crippen molar-refractivity contribution in [2.45, 2.75) is 26.2 Å². The third kappa shape index (κ3) is 1.20. The highest BCUT2D eigenvalue weighted by molar-refractivity contribution is 5.56. The van der Waals surface area contributed by atoms with E-state index in [4.69, 9.17) is 1.37 Å². The molecule has 1 aromatic rings. The molecule has 1 unspecified atom stereocenters. The first kappa shape index (κ1) is 6.53. The maximum absolute atomic E-state index is 7.58. The maximum Gasteiger partial charge on any atom is 0.0494 e. The van der Waals surface area contributed by atoms with Crippen molar-refractivity contribution in [3.63, 3.8) is 0 Å². The van der Waals surface area contributed by atoms with Gasteiger partial charge in [-0.1, -0.05) is 26.0 Å². The lowest BCUT2D eigenvalue weighted by molar-refractivity contribution is 0.864. The SMILES string of the molecule is [3H]C1Cc2cc(C(C)C)ccc2N1. The molecule has 0 bridgehead atoms. The summed E-state index contributed by atoms with van der Waals surface area (Å²) in [4.78, 5) is 0. The van der Waals surface area contributed by atoms with E-state index < -0.39 is 0 Å². The Morgan fingerprint density at radius 3 is 3.08 bits per heavy atom. The molecule has 64 valence electrons. The molecule has 0 fully saturated rings. The van der Waals surface area contributed by atoms with E-state index in [-0.39, 0.29) is 6.52 Å². The maximum atomic E-state index is 7.58. The van der Waals surface area contributed by atoms with Gasteiger partial charge in [-0.3, -0.25) is 0 Å². The molecule has 1 heteroatoms. The van der Waals surface area contributed by atoms with Gasteiger partial charge in [-0.15, -0.1) is 0 Å². The van der Waals surface area contributed by atoms with Gasteiger partial charge in [-0.05, 0) is 29.5 Å². The number of benzene rings is 1. The fraction of sp³-hybridized carbons (Fsp3) is 0.455. The number of rotatable bonds is 1. The monoisotopic (exact) mass is 163 g/mol. The summed E-state index contributed by atoms with van der Waals surface area (Å²) in [5, 5.41) is 3.13. The van der Waals surface area contributed by atoms with Crippen LogP contribution in [0.4, 0.5) is 5.69 Å². The standard InChI is InChI=1S/C11H15N/c1-8(2)9-3-4-11-10(7-9)5-6-12-11/h3-4,7-8,12H,5-6H2,1-2H3/i6T. The molecule has 1 N–H and O–H groups in total. The van der Waals surface area contributed by atoms with E-state index in [0.717, 1.165) is 12.1 Å². The zero-order chi connectivity index (χ0) is 9.42. The van der Waals surface area contributed by atoms with Gasteiger partial charge in [0, 0.05) is 13.6 Å². The minimum atomic E-state index is -0.141. The van der Waals surface area contributed by atoms with Crippen LogP contribution in [-0.2, 0) is 6.42 Å². The van der Waals surface area contributed by atoms with Crippen LogP contribution in [-0.4, -0.2) is 6.52 Å². The van der Waals surface area contributed by atoms with Gasteiger partial charge >= 0.3 is 0 Å². The van der Waals surface area contributed by atoms with E-state index in [1.165, 1.54) is 11.1 Å². The normalized spacial score (nSPS) is 21.9. The number of fused-ring (bicyclic) bond motifs is 1. The zero-order valence-electron chi connectivity index (χ0n) is 8.59. The summed E-state index contributed by atoms with van der Waals surface area (Å²) in [5.74, 6) is 0.579. The van der Waals surface area contributed by atoms with Gasteiger partial charge in [0.2, 0.25) is 0 Å². The van der Waals surface area contributed by atoms with Gasteiger partial charge in [-0.25, -0.2) is 0 Å². The van der Waals surface area contributed by atoms with E-state index in [2.05, 4.69) is 37.4 Å². The average molecular weight is 163 g/mol. The lowest BCUT2D eigenvalue weighted by atomic mass is 10.00. The van der Waals surface area contributed by atoms with Crippen LogP contribution in [0.3, 0.4) is 0 Å². The van der Waals surface area contributed by atoms with Crippen LogP contribution in [0, 0.1) is 0 Å². The fourth-order valence-electron chi connectivity index (χ4n) is 1.55. The van der Waals surface area contributed by atoms with Crippen LogP contribution in [0.5, 0.6) is 0 Å². The van der Waals surface area contributed by atoms with Crippen molar-refractivity contribution in [1.82, 2.24) is 0 Å². The van der Waals surface area contributed by atoms with Gasteiger partial charge < -0.3 is 5.32 Å². The molecular formula is C11H15N. The van der Waals surface area contributed by atoms with E-state index in [1.54, 1.807) is 0 Å². The third-order valence-corrected chi connectivity index (χ3v) is 2.38. The fourth-order valence-corrected chi connectivity index (χ4v) is 1.55. The van der Waals surface area contributed by atoms with Crippen molar-refractivity contribution in [3.05, 3.63) is 29.3 Å². The predicted octanol–water partition coefficient (Wildman–Crippen LogP) is 2.78. The van der Waals surface area contributed by atoms with Gasteiger partial charge in [0.25, 0.3) is 0 Å². The average Bonchev–Trinajstić information content (AvgIpc) is 2.42. The molecule has 1 aliphatic heterocycles. The minimum absolute atomic E-state index is 0.141. The molecular weight excluding hydrogens is 146 g/mol.